The number of hydrazine groups is 1. The Morgan fingerprint density at radius 2 is 2.06 bits per heavy atom. The Morgan fingerprint density at radius 3 is 2.62 bits per heavy atom. The van der Waals surface area contributed by atoms with E-state index in [-0.39, 0.29) is 0 Å². The van der Waals surface area contributed by atoms with E-state index in [1.54, 1.807) is 7.11 Å². The molecule has 0 aliphatic carbocycles. The Hall–Kier alpha value is -1.10. The maximum absolute atomic E-state index is 5.41. The van der Waals surface area contributed by atoms with E-state index in [1.807, 2.05) is 7.05 Å². The third kappa shape index (κ3) is 3.20. The Balaban J connectivity index is 2.93. The molecule has 0 spiro atoms. The fourth-order valence-electron chi connectivity index (χ4n) is 1.82. The molecule has 0 heterocycles. The minimum Gasteiger partial charge on any atom is -0.496 e. The van der Waals surface area contributed by atoms with Crippen LogP contribution < -0.4 is 16.0 Å². The smallest absolute Gasteiger partial charge is 0.123 e. The molecule has 3 N–H and O–H groups in total. The third-order valence-electron chi connectivity index (χ3n) is 2.59. The summed E-state index contributed by atoms with van der Waals surface area (Å²) < 4.78 is 5.41. The lowest BCUT2D eigenvalue weighted by Crippen LogP contribution is -2.35. The van der Waals surface area contributed by atoms with E-state index in [2.05, 4.69) is 36.3 Å². The van der Waals surface area contributed by atoms with Gasteiger partial charge in [0.2, 0.25) is 0 Å². The molecule has 0 saturated carbocycles. The van der Waals surface area contributed by atoms with Crippen molar-refractivity contribution in [2.75, 3.05) is 20.8 Å². The van der Waals surface area contributed by atoms with Crippen molar-refractivity contribution in [2.24, 2.45) is 5.84 Å². The summed E-state index contributed by atoms with van der Waals surface area (Å²) in [5, 5.41) is 0. The van der Waals surface area contributed by atoms with Gasteiger partial charge in [0, 0.05) is 12.1 Å². The first-order valence-corrected chi connectivity index (χ1v) is 5.34. The van der Waals surface area contributed by atoms with Crippen LogP contribution in [0.15, 0.2) is 12.1 Å². The third-order valence-corrected chi connectivity index (χ3v) is 2.59. The zero-order chi connectivity index (χ0) is 12.1. The van der Waals surface area contributed by atoms with Crippen molar-refractivity contribution in [3.8, 4) is 5.75 Å². The lowest BCUT2D eigenvalue weighted by Gasteiger charge is -2.19. The van der Waals surface area contributed by atoms with Gasteiger partial charge < -0.3 is 4.74 Å². The van der Waals surface area contributed by atoms with Crippen molar-refractivity contribution >= 4 is 0 Å². The monoisotopic (exact) mass is 223 g/mol. The van der Waals surface area contributed by atoms with E-state index in [0.717, 1.165) is 12.3 Å². The largest absolute Gasteiger partial charge is 0.496 e. The highest BCUT2D eigenvalue weighted by molar-refractivity contribution is 5.42. The second kappa shape index (κ2) is 5.84. The highest BCUT2D eigenvalue weighted by atomic mass is 16.5. The van der Waals surface area contributed by atoms with Crippen molar-refractivity contribution in [1.82, 2.24) is 10.3 Å². The lowest BCUT2D eigenvalue weighted by molar-refractivity contribution is 0.294. The molecule has 0 aromatic heterocycles. The first-order chi connectivity index (χ1) is 7.58. The van der Waals surface area contributed by atoms with E-state index in [0.29, 0.717) is 6.67 Å². The summed E-state index contributed by atoms with van der Waals surface area (Å²) in [5.74, 6) is 6.24. The molecule has 0 bridgehead atoms. The molecule has 0 saturated heterocycles. The van der Waals surface area contributed by atoms with Crippen molar-refractivity contribution < 1.29 is 4.74 Å². The van der Waals surface area contributed by atoms with Crippen LogP contribution in [0.4, 0.5) is 0 Å². The number of aryl methyl sites for hydroxylation is 2. The van der Waals surface area contributed by atoms with Gasteiger partial charge in [-0.25, -0.2) is 5.43 Å². The summed E-state index contributed by atoms with van der Waals surface area (Å²) in [4.78, 5) is 2.10. The Bertz CT molecular complexity index is 352. The van der Waals surface area contributed by atoms with Crippen LogP contribution in [-0.4, -0.2) is 25.7 Å². The molecule has 16 heavy (non-hydrogen) atoms. The number of methoxy groups -OCH3 is 1. The molecule has 0 aliphatic rings. The molecular formula is C12H21N3O. The number of rotatable bonds is 5. The van der Waals surface area contributed by atoms with Gasteiger partial charge in [0.1, 0.15) is 5.75 Å². The summed E-state index contributed by atoms with van der Waals surface area (Å²) in [6.45, 7) is 5.65. The Labute approximate surface area is 97.4 Å². The van der Waals surface area contributed by atoms with Crippen LogP contribution in [0.25, 0.3) is 0 Å². The fraction of sp³-hybridized carbons (Fsp3) is 0.500. The molecule has 4 nitrogen and oxygen atoms in total. The molecule has 1 aromatic rings. The minimum absolute atomic E-state index is 0.649. The maximum atomic E-state index is 5.41. The van der Waals surface area contributed by atoms with E-state index in [9.17, 15) is 0 Å². The molecule has 1 aromatic carbocycles. The van der Waals surface area contributed by atoms with Gasteiger partial charge in [0.15, 0.2) is 0 Å². The van der Waals surface area contributed by atoms with E-state index in [1.165, 1.54) is 16.7 Å². The van der Waals surface area contributed by atoms with Gasteiger partial charge in [-0.05, 0) is 38.1 Å². The Morgan fingerprint density at radius 1 is 1.38 bits per heavy atom. The molecule has 90 valence electrons. The average Bonchev–Trinajstić information content (AvgIpc) is 2.22. The maximum Gasteiger partial charge on any atom is 0.123 e. The van der Waals surface area contributed by atoms with Gasteiger partial charge in [-0.3, -0.25) is 10.7 Å². The molecule has 0 aliphatic heterocycles. The Kier molecular flexibility index (Phi) is 4.73. The van der Waals surface area contributed by atoms with Crippen molar-refractivity contribution in [3.63, 3.8) is 0 Å². The summed E-state index contributed by atoms with van der Waals surface area (Å²) in [6.07, 6.45) is 0. The molecule has 0 fully saturated rings. The highest BCUT2D eigenvalue weighted by Gasteiger charge is 2.09. The van der Waals surface area contributed by atoms with Crippen LogP contribution in [0.5, 0.6) is 5.75 Å². The second-order valence-corrected chi connectivity index (χ2v) is 4.14. The summed E-state index contributed by atoms with van der Waals surface area (Å²) in [5.41, 5.74) is 6.33. The predicted octanol–water partition coefficient (Wildman–Crippen LogP) is 1.16. The molecule has 0 unspecified atom stereocenters. The molecular weight excluding hydrogens is 202 g/mol. The first kappa shape index (κ1) is 13.0. The van der Waals surface area contributed by atoms with Crippen LogP contribution in [-0.2, 0) is 6.54 Å². The van der Waals surface area contributed by atoms with E-state index in [4.69, 9.17) is 10.6 Å². The summed E-state index contributed by atoms with van der Waals surface area (Å²) in [7, 11) is 3.72. The first-order valence-electron chi connectivity index (χ1n) is 5.34. The normalized spacial score (nSPS) is 10.9. The van der Waals surface area contributed by atoms with Gasteiger partial charge in [0.05, 0.1) is 13.8 Å². The summed E-state index contributed by atoms with van der Waals surface area (Å²) >= 11 is 0. The minimum atomic E-state index is 0.649. The highest BCUT2D eigenvalue weighted by Crippen LogP contribution is 2.25. The van der Waals surface area contributed by atoms with Crippen LogP contribution in [0, 0.1) is 13.8 Å². The van der Waals surface area contributed by atoms with Gasteiger partial charge in [-0.1, -0.05) is 6.07 Å². The number of hydrogen-bond donors (Lipinski definition) is 2. The lowest BCUT2D eigenvalue weighted by atomic mass is 10.0. The molecule has 1 rings (SSSR count). The van der Waals surface area contributed by atoms with Crippen molar-refractivity contribution in [3.05, 3.63) is 28.8 Å². The van der Waals surface area contributed by atoms with Crippen LogP contribution in [0.1, 0.15) is 16.7 Å². The van der Waals surface area contributed by atoms with Crippen LogP contribution in [0.2, 0.25) is 0 Å². The molecule has 0 atom stereocenters. The number of ether oxygens (including phenoxy) is 1. The second-order valence-electron chi connectivity index (χ2n) is 4.14. The molecule has 0 radical (unpaired) electrons. The predicted molar refractivity (Wildman–Crippen MR) is 66.1 cm³/mol. The SMILES string of the molecule is COc1cc(C)cc(C)c1CN(C)CNN. The van der Waals surface area contributed by atoms with Crippen LogP contribution >= 0.6 is 0 Å². The van der Waals surface area contributed by atoms with Gasteiger partial charge in [-0.15, -0.1) is 0 Å². The van der Waals surface area contributed by atoms with E-state index >= 15 is 0 Å². The number of nitrogens with two attached hydrogens (primary N) is 1. The number of benzene rings is 1. The number of nitrogens with one attached hydrogen (secondary N) is 1. The zero-order valence-corrected chi connectivity index (χ0v) is 10.5. The topological polar surface area (TPSA) is 50.5 Å². The van der Waals surface area contributed by atoms with Gasteiger partial charge in [0.25, 0.3) is 0 Å². The molecule has 4 heteroatoms. The van der Waals surface area contributed by atoms with Crippen molar-refractivity contribution in [1.29, 1.82) is 0 Å². The number of hydrogen-bond acceptors (Lipinski definition) is 4. The summed E-state index contributed by atoms with van der Waals surface area (Å²) in [6, 6.07) is 4.23. The average molecular weight is 223 g/mol. The quantitative estimate of drug-likeness (QED) is 0.447. The van der Waals surface area contributed by atoms with Crippen molar-refractivity contribution in [2.45, 2.75) is 20.4 Å². The van der Waals surface area contributed by atoms with Gasteiger partial charge in [-0.2, -0.15) is 0 Å². The standard InChI is InChI=1S/C12H21N3O/c1-9-5-10(2)11(12(6-9)16-4)7-15(3)8-14-13/h5-6,14H,7-8,13H2,1-4H3. The van der Waals surface area contributed by atoms with Crippen LogP contribution in [0.3, 0.4) is 0 Å². The fourth-order valence-corrected chi connectivity index (χ4v) is 1.82. The zero-order valence-electron chi connectivity index (χ0n) is 10.5. The number of nitrogens with zero attached hydrogens (tertiary/aromatic N) is 1. The van der Waals surface area contributed by atoms with E-state index < -0.39 is 0 Å². The molecule has 0 amide bonds. The van der Waals surface area contributed by atoms with Gasteiger partial charge >= 0.3 is 0 Å².